The molecule has 27 heavy (non-hydrogen) atoms. The second-order valence-electron chi connectivity index (χ2n) is 6.41. The van der Waals surface area contributed by atoms with Crippen molar-refractivity contribution in [3.05, 3.63) is 59.1 Å². The minimum atomic E-state index is -0.710. The maximum absolute atomic E-state index is 13.7. The summed E-state index contributed by atoms with van der Waals surface area (Å²) in [5.41, 5.74) is 0. The number of halogens is 3. The number of nitrogens with zero attached hydrogens (tertiary/aromatic N) is 1. The molecule has 1 unspecified atom stereocenters. The van der Waals surface area contributed by atoms with Crippen LogP contribution in [-0.2, 0) is 4.79 Å². The quantitative estimate of drug-likeness (QED) is 0.636. The lowest BCUT2D eigenvalue weighted by molar-refractivity contribution is -0.132. The summed E-state index contributed by atoms with van der Waals surface area (Å²) in [7, 11) is 0. The molecule has 0 bridgehead atoms. The smallest absolute Gasteiger partial charge is 0.235 e. The number of piperidine rings is 1. The van der Waals surface area contributed by atoms with Gasteiger partial charge in [0.15, 0.2) is 11.6 Å². The average Bonchev–Trinajstić information content (AvgIpc) is 2.66. The third-order valence-corrected chi connectivity index (χ3v) is 6.04. The summed E-state index contributed by atoms with van der Waals surface area (Å²) >= 11 is 7.60. The lowest BCUT2D eigenvalue weighted by Gasteiger charge is -2.33. The topological polar surface area (TPSA) is 29.5 Å². The van der Waals surface area contributed by atoms with Gasteiger partial charge in [-0.05, 0) is 31.2 Å². The van der Waals surface area contributed by atoms with E-state index in [9.17, 15) is 13.6 Å². The van der Waals surface area contributed by atoms with Crippen LogP contribution in [0.25, 0.3) is 0 Å². The highest BCUT2D eigenvalue weighted by Crippen LogP contribution is 2.31. The number of carbonyl (C=O) groups is 1. The van der Waals surface area contributed by atoms with Crippen molar-refractivity contribution in [2.45, 2.75) is 36.0 Å². The van der Waals surface area contributed by atoms with E-state index >= 15 is 0 Å². The molecule has 0 saturated carbocycles. The van der Waals surface area contributed by atoms with Gasteiger partial charge >= 0.3 is 0 Å². The highest BCUT2D eigenvalue weighted by Gasteiger charge is 2.28. The molecule has 144 valence electrons. The Morgan fingerprint density at radius 1 is 1.22 bits per heavy atom. The first-order chi connectivity index (χ1) is 12.9. The number of thioether (sulfide) groups is 1. The normalized spacial score (nSPS) is 16.2. The van der Waals surface area contributed by atoms with Gasteiger partial charge in [-0.15, -0.1) is 11.8 Å². The lowest BCUT2D eigenvalue weighted by atomic mass is 10.1. The van der Waals surface area contributed by atoms with E-state index in [4.69, 9.17) is 16.3 Å². The highest BCUT2D eigenvalue weighted by molar-refractivity contribution is 8.00. The van der Waals surface area contributed by atoms with Crippen LogP contribution in [-0.4, -0.2) is 35.3 Å². The molecule has 2 aromatic carbocycles. The Morgan fingerprint density at radius 3 is 2.59 bits per heavy atom. The molecule has 3 nitrogen and oxygen atoms in total. The highest BCUT2D eigenvalue weighted by atomic mass is 35.5. The number of rotatable bonds is 5. The zero-order valence-electron chi connectivity index (χ0n) is 14.8. The molecule has 0 N–H and O–H groups in total. The van der Waals surface area contributed by atoms with Gasteiger partial charge in [0.1, 0.15) is 11.9 Å². The second kappa shape index (κ2) is 8.93. The third-order valence-electron chi connectivity index (χ3n) is 4.43. The molecule has 1 heterocycles. The molecular weight excluding hydrogens is 392 g/mol. The maximum Gasteiger partial charge on any atom is 0.235 e. The summed E-state index contributed by atoms with van der Waals surface area (Å²) in [5, 5.41) is 0.382. The Bertz CT molecular complexity index is 812. The van der Waals surface area contributed by atoms with Crippen molar-refractivity contribution in [3.8, 4) is 5.75 Å². The third kappa shape index (κ3) is 5.14. The average molecular weight is 412 g/mol. The lowest BCUT2D eigenvalue weighted by Crippen LogP contribution is -2.44. The van der Waals surface area contributed by atoms with Crippen LogP contribution in [0.15, 0.2) is 47.4 Å². The van der Waals surface area contributed by atoms with Crippen LogP contribution in [0.1, 0.15) is 19.8 Å². The number of likely N-dealkylation sites (tertiary alicyclic amines) is 1. The van der Waals surface area contributed by atoms with Crippen LogP contribution < -0.4 is 4.74 Å². The molecule has 3 rings (SSSR count). The van der Waals surface area contributed by atoms with Gasteiger partial charge in [-0.2, -0.15) is 0 Å². The van der Waals surface area contributed by atoms with Crippen LogP contribution in [0.2, 0.25) is 5.02 Å². The molecule has 1 atom stereocenters. The summed E-state index contributed by atoms with van der Waals surface area (Å²) in [4.78, 5) is 15.4. The van der Waals surface area contributed by atoms with E-state index < -0.39 is 11.6 Å². The number of carbonyl (C=O) groups excluding carboxylic acids is 1. The van der Waals surface area contributed by atoms with Gasteiger partial charge in [-0.25, -0.2) is 8.78 Å². The molecule has 0 aliphatic carbocycles. The van der Waals surface area contributed by atoms with Crippen molar-refractivity contribution in [3.63, 3.8) is 0 Å². The number of amides is 1. The summed E-state index contributed by atoms with van der Waals surface area (Å²) in [6.07, 6.45) is 1.01. The molecule has 2 aromatic rings. The fourth-order valence-electron chi connectivity index (χ4n) is 2.98. The summed E-state index contributed by atoms with van der Waals surface area (Å²) in [6, 6.07) is 10.7. The first-order valence-corrected chi connectivity index (χ1v) is 10.0. The van der Waals surface area contributed by atoms with Gasteiger partial charge in [0.25, 0.3) is 0 Å². The minimum Gasteiger partial charge on any atom is -0.487 e. The maximum atomic E-state index is 13.7. The van der Waals surface area contributed by atoms with Crippen molar-refractivity contribution < 1.29 is 18.3 Å². The SMILES string of the molecule is CC(Sc1ccccc1Cl)C(=O)N1CCC(Oc2ccc(F)cc2F)CC1. The molecule has 1 aliphatic heterocycles. The molecule has 0 aromatic heterocycles. The van der Waals surface area contributed by atoms with Crippen molar-refractivity contribution in [1.82, 2.24) is 4.90 Å². The Kier molecular flexibility index (Phi) is 6.60. The zero-order chi connectivity index (χ0) is 19.4. The first-order valence-electron chi connectivity index (χ1n) is 8.75. The van der Waals surface area contributed by atoms with Crippen LogP contribution in [0, 0.1) is 11.6 Å². The van der Waals surface area contributed by atoms with E-state index in [1.807, 2.05) is 25.1 Å². The van der Waals surface area contributed by atoms with Crippen molar-refractivity contribution in [2.24, 2.45) is 0 Å². The van der Waals surface area contributed by atoms with Gasteiger partial charge in [0, 0.05) is 36.9 Å². The summed E-state index contributed by atoms with van der Waals surface area (Å²) in [5.74, 6) is -1.25. The monoisotopic (exact) mass is 411 g/mol. The van der Waals surface area contributed by atoms with Crippen LogP contribution in [0.3, 0.4) is 0 Å². The zero-order valence-corrected chi connectivity index (χ0v) is 16.4. The Hall–Kier alpha value is -1.79. The predicted octanol–water partition coefficient (Wildman–Crippen LogP) is 5.17. The summed E-state index contributed by atoms with van der Waals surface area (Å²) in [6.45, 7) is 2.95. The van der Waals surface area contributed by atoms with E-state index in [1.165, 1.54) is 23.9 Å². The van der Waals surface area contributed by atoms with Gasteiger partial charge in [0.2, 0.25) is 5.91 Å². The Balaban J connectivity index is 1.52. The standard InChI is InChI=1S/C20H20ClF2NO2S/c1-13(27-19-5-3-2-4-16(19)21)20(25)24-10-8-15(9-11-24)26-18-7-6-14(22)12-17(18)23/h2-7,12-13,15H,8-11H2,1H3. The van der Waals surface area contributed by atoms with Crippen molar-refractivity contribution in [2.75, 3.05) is 13.1 Å². The largest absolute Gasteiger partial charge is 0.487 e. The fourth-order valence-corrected chi connectivity index (χ4v) is 4.22. The van der Waals surface area contributed by atoms with Crippen molar-refractivity contribution >= 4 is 29.3 Å². The van der Waals surface area contributed by atoms with Gasteiger partial charge in [0.05, 0.1) is 10.3 Å². The molecule has 7 heteroatoms. The van der Waals surface area contributed by atoms with Gasteiger partial charge in [-0.1, -0.05) is 23.7 Å². The minimum absolute atomic E-state index is 0.0452. The van der Waals surface area contributed by atoms with E-state index in [0.717, 1.165) is 11.0 Å². The molecular formula is C20H20ClF2NO2S. The molecule has 0 spiro atoms. The Labute approximate surface area is 166 Å². The molecule has 1 saturated heterocycles. The molecule has 0 radical (unpaired) electrons. The number of benzene rings is 2. The number of hydrogen-bond donors (Lipinski definition) is 0. The van der Waals surface area contributed by atoms with Crippen LogP contribution in [0.5, 0.6) is 5.75 Å². The van der Waals surface area contributed by atoms with E-state index in [1.54, 1.807) is 11.0 Å². The van der Waals surface area contributed by atoms with Crippen LogP contribution in [0.4, 0.5) is 8.78 Å². The molecule has 1 aliphatic rings. The predicted molar refractivity (Wildman–Crippen MR) is 103 cm³/mol. The van der Waals surface area contributed by atoms with E-state index in [2.05, 4.69) is 0 Å². The molecule has 1 amide bonds. The van der Waals surface area contributed by atoms with E-state index in [0.29, 0.717) is 31.0 Å². The second-order valence-corrected chi connectivity index (χ2v) is 8.20. The van der Waals surface area contributed by atoms with Crippen LogP contribution >= 0.6 is 23.4 Å². The Morgan fingerprint density at radius 2 is 1.93 bits per heavy atom. The molecule has 1 fully saturated rings. The number of ether oxygens (including phenoxy) is 1. The first kappa shape index (κ1) is 20.0. The number of hydrogen-bond acceptors (Lipinski definition) is 3. The summed E-state index contributed by atoms with van der Waals surface area (Å²) < 4.78 is 32.3. The van der Waals surface area contributed by atoms with Crippen molar-refractivity contribution in [1.29, 1.82) is 0 Å². The van der Waals surface area contributed by atoms with Gasteiger partial charge in [-0.3, -0.25) is 4.79 Å². The fraction of sp³-hybridized carbons (Fsp3) is 0.350. The van der Waals surface area contributed by atoms with Gasteiger partial charge < -0.3 is 9.64 Å². The van der Waals surface area contributed by atoms with E-state index in [-0.39, 0.29) is 23.0 Å².